The molecule has 0 radical (unpaired) electrons. The highest BCUT2D eigenvalue weighted by molar-refractivity contribution is 5.84. The number of fused-ring (bicyclic) bond motifs is 1. The van der Waals surface area contributed by atoms with Crippen LogP contribution in [-0.2, 0) is 29.1 Å². The van der Waals surface area contributed by atoms with E-state index in [1.807, 2.05) is 56.0 Å². The maximum absolute atomic E-state index is 13.2. The van der Waals surface area contributed by atoms with Crippen molar-refractivity contribution in [2.45, 2.75) is 52.6 Å². The van der Waals surface area contributed by atoms with Gasteiger partial charge in [-0.1, -0.05) is 75.4 Å². The number of carbonyl (C=O) groups is 2. The van der Waals surface area contributed by atoms with E-state index in [-0.39, 0.29) is 17.7 Å². The fourth-order valence-electron chi connectivity index (χ4n) is 5.48. The summed E-state index contributed by atoms with van der Waals surface area (Å²) in [6.45, 7) is 7.63. The van der Waals surface area contributed by atoms with E-state index in [9.17, 15) is 9.59 Å². The van der Waals surface area contributed by atoms with Crippen molar-refractivity contribution < 1.29 is 14.3 Å². The molecular formula is C32H36N2O3. The Bertz CT molecular complexity index is 1310. The van der Waals surface area contributed by atoms with E-state index in [1.54, 1.807) is 7.11 Å². The zero-order valence-electron chi connectivity index (χ0n) is 22.2. The average Bonchev–Trinajstić information content (AvgIpc) is 3.72. The Morgan fingerprint density at radius 3 is 2.51 bits per heavy atom. The van der Waals surface area contributed by atoms with E-state index in [1.165, 1.54) is 11.1 Å². The van der Waals surface area contributed by atoms with Crippen LogP contribution in [0.2, 0.25) is 0 Å². The molecule has 192 valence electrons. The normalized spacial score (nSPS) is 18.6. The van der Waals surface area contributed by atoms with Crippen molar-refractivity contribution in [1.82, 2.24) is 10.2 Å². The van der Waals surface area contributed by atoms with Gasteiger partial charge in [-0.3, -0.25) is 9.59 Å². The molecule has 1 heterocycles. The van der Waals surface area contributed by atoms with Crippen LogP contribution in [0, 0.1) is 11.3 Å². The van der Waals surface area contributed by atoms with Crippen molar-refractivity contribution >= 4 is 11.8 Å². The minimum atomic E-state index is -0.436. The molecule has 3 aromatic rings. The molecule has 3 aromatic carbocycles. The van der Waals surface area contributed by atoms with E-state index in [4.69, 9.17) is 4.74 Å². The second-order valence-corrected chi connectivity index (χ2v) is 11.3. The van der Waals surface area contributed by atoms with Crippen molar-refractivity contribution in [3.63, 3.8) is 0 Å². The van der Waals surface area contributed by atoms with E-state index >= 15 is 0 Å². The second kappa shape index (κ2) is 10.0. The van der Waals surface area contributed by atoms with Gasteiger partial charge >= 0.3 is 0 Å². The van der Waals surface area contributed by atoms with Crippen molar-refractivity contribution in [2.75, 3.05) is 13.7 Å². The molecule has 1 aliphatic carbocycles. The molecule has 1 saturated carbocycles. The molecule has 2 atom stereocenters. The summed E-state index contributed by atoms with van der Waals surface area (Å²) in [5.41, 5.74) is 6.56. The van der Waals surface area contributed by atoms with E-state index < -0.39 is 5.41 Å². The van der Waals surface area contributed by atoms with Crippen molar-refractivity contribution in [3.05, 3.63) is 89.0 Å². The summed E-state index contributed by atoms with van der Waals surface area (Å²) in [4.78, 5) is 28.1. The van der Waals surface area contributed by atoms with Gasteiger partial charge in [0.1, 0.15) is 5.75 Å². The third kappa shape index (κ3) is 5.27. The number of carbonyl (C=O) groups excluding carboxylic acids is 2. The monoisotopic (exact) mass is 496 g/mol. The molecule has 5 rings (SSSR count). The molecule has 0 bridgehead atoms. The van der Waals surface area contributed by atoms with E-state index in [0.29, 0.717) is 25.6 Å². The molecule has 2 amide bonds. The average molecular weight is 497 g/mol. The first kappa shape index (κ1) is 25.1. The number of nitrogens with zero attached hydrogens (tertiary/aromatic N) is 1. The van der Waals surface area contributed by atoms with Crippen LogP contribution >= 0.6 is 0 Å². The van der Waals surface area contributed by atoms with Crippen LogP contribution in [0.5, 0.6) is 5.75 Å². The maximum atomic E-state index is 13.2. The summed E-state index contributed by atoms with van der Waals surface area (Å²) in [7, 11) is 1.68. The summed E-state index contributed by atoms with van der Waals surface area (Å²) in [6, 6.07) is 22.7. The van der Waals surface area contributed by atoms with Gasteiger partial charge in [0.15, 0.2) is 0 Å². The lowest BCUT2D eigenvalue weighted by atomic mass is 9.86. The fraction of sp³-hybridized carbons (Fsp3) is 0.375. The highest BCUT2D eigenvalue weighted by Gasteiger charge is 2.43. The first-order chi connectivity index (χ1) is 17.8. The second-order valence-electron chi connectivity index (χ2n) is 11.3. The predicted octanol–water partition coefficient (Wildman–Crippen LogP) is 5.71. The minimum Gasteiger partial charge on any atom is -0.497 e. The van der Waals surface area contributed by atoms with Crippen LogP contribution in [0.15, 0.2) is 66.7 Å². The van der Waals surface area contributed by atoms with Crippen LogP contribution in [0.25, 0.3) is 11.1 Å². The highest BCUT2D eigenvalue weighted by atomic mass is 16.5. The van der Waals surface area contributed by atoms with Gasteiger partial charge in [-0.15, -0.1) is 0 Å². The van der Waals surface area contributed by atoms with Crippen LogP contribution in [0.3, 0.4) is 0 Å². The van der Waals surface area contributed by atoms with E-state index in [0.717, 1.165) is 40.8 Å². The van der Waals surface area contributed by atoms with Gasteiger partial charge in [0.05, 0.1) is 7.11 Å². The number of methoxy groups -OCH3 is 1. The zero-order valence-corrected chi connectivity index (χ0v) is 22.2. The molecule has 1 aliphatic heterocycles. The number of nitrogens with one attached hydrogen (secondary N) is 1. The smallest absolute Gasteiger partial charge is 0.228 e. The first-order valence-electron chi connectivity index (χ1n) is 13.2. The molecule has 5 nitrogen and oxygen atoms in total. The molecule has 0 unspecified atom stereocenters. The number of amides is 2. The topological polar surface area (TPSA) is 58.6 Å². The van der Waals surface area contributed by atoms with Gasteiger partial charge in [-0.2, -0.15) is 0 Å². The van der Waals surface area contributed by atoms with E-state index in [2.05, 4.69) is 41.7 Å². The lowest BCUT2D eigenvalue weighted by Gasteiger charge is -2.35. The SMILES string of the molecule is COc1cccc(-c2ccc(CNC(=O)[C@@H]3C[C@H]3c3ccccc3)c3c2CCN(C(=O)C(C)(C)C)C3)c1. The summed E-state index contributed by atoms with van der Waals surface area (Å²) < 4.78 is 5.46. The Hall–Kier alpha value is -3.60. The van der Waals surface area contributed by atoms with Crippen molar-refractivity contribution in [3.8, 4) is 16.9 Å². The first-order valence-corrected chi connectivity index (χ1v) is 13.2. The zero-order chi connectivity index (χ0) is 26.2. The summed E-state index contributed by atoms with van der Waals surface area (Å²) in [6.07, 6.45) is 1.68. The van der Waals surface area contributed by atoms with Gasteiger partial charge in [-0.05, 0) is 64.3 Å². The number of benzene rings is 3. The predicted molar refractivity (Wildman–Crippen MR) is 146 cm³/mol. The number of rotatable bonds is 6. The number of ether oxygens (including phenoxy) is 1. The van der Waals surface area contributed by atoms with Gasteiger partial charge in [0.2, 0.25) is 11.8 Å². The van der Waals surface area contributed by atoms with Crippen LogP contribution < -0.4 is 10.1 Å². The molecule has 0 saturated heterocycles. The fourth-order valence-corrected chi connectivity index (χ4v) is 5.48. The molecule has 1 N–H and O–H groups in total. The standard InChI is InChI=1S/C32H36N2O3/c1-32(2,3)31(36)34-16-15-26-25(22-11-8-12-24(17-22)37-4)14-13-23(29(26)20-34)19-33-30(35)28-18-27(28)21-9-6-5-7-10-21/h5-14,17,27-28H,15-16,18-20H2,1-4H3,(H,33,35)/t27-,28+/m0/s1. The minimum absolute atomic E-state index is 0.0354. The maximum Gasteiger partial charge on any atom is 0.228 e. The Morgan fingerprint density at radius 1 is 1.00 bits per heavy atom. The highest BCUT2D eigenvalue weighted by Crippen LogP contribution is 2.47. The largest absolute Gasteiger partial charge is 0.497 e. The number of hydrogen-bond donors (Lipinski definition) is 1. The van der Waals surface area contributed by atoms with Crippen LogP contribution in [-0.4, -0.2) is 30.4 Å². The van der Waals surface area contributed by atoms with Gasteiger partial charge in [0, 0.05) is 31.0 Å². The summed E-state index contributed by atoms with van der Waals surface area (Å²) >= 11 is 0. The van der Waals surface area contributed by atoms with Gasteiger partial charge in [0.25, 0.3) is 0 Å². The summed E-state index contributed by atoms with van der Waals surface area (Å²) in [5, 5.41) is 3.20. The molecule has 37 heavy (non-hydrogen) atoms. The Balaban J connectivity index is 1.40. The summed E-state index contributed by atoms with van der Waals surface area (Å²) in [5.74, 6) is 1.43. The lowest BCUT2D eigenvalue weighted by molar-refractivity contribution is -0.140. The van der Waals surface area contributed by atoms with Crippen molar-refractivity contribution in [1.29, 1.82) is 0 Å². The van der Waals surface area contributed by atoms with Crippen molar-refractivity contribution in [2.24, 2.45) is 11.3 Å². The van der Waals surface area contributed by atoms with Gasteiger partial charge < -0.3 is 15.0 Å². The molecular weight excluding hydrogens is 460 g/mol. The third-order valence-electron chi connectivity index (χ3n) is 7.63. The quantitative estimate of drug-likeness (QED) is 0.475. The Kier molecular flexibility index (Phi) is 6.80. The number of hydrogen-bond acceptors (Lipinski definition) is 3. The van der Waals surface area contributed by atoms with Crippen LogP contribution in [0.4, 0.5) is 0 Å². The molecule has 2 aliphatic rings. The molecule has 5 heteroatoms. The Labute approximate surface area is 219 Å². The van der Waals surface area contributed by atoms with Gasteiger partial charge in [-0.25, -0.2) is 0 Å². The molecule has 0 aromatic heterocycles. The van der Waals surface area contributed by atoms with Crippen LogP contribution in [0.1, 0.15) is 55.4 Å². The lowest BCUT2D eigenvalue weighted by Crippen LogP contribution is -2.43. The Morgan fingerprint density at radius 2 is 1.78 bits per heavy atom. The molecule has 0 spiro atoms. The molecule has 1 fully saturated rings. The third-order valence-corrected chi connectivity index (χ3v) is 7.63.